The van der Waals surface area contributed by atoms with Gasteiger partial charge in [0.1, 0.15) is 5.00 Å². The normalized spacial score (nSPS) is 15.8. The lowest BCUT2D eigenvalue weighted by atomic mass is 9.89. The van der Waals surface area contributed by atoms with Gasteiger partial charge in [0, 0.05) is 13.0 Å². The van der Waals surface area contributed by atoms with Crippen molar-refractivity contribution in [3.05, 3.63) is 52.9 Å². The minimum atomic E-state index is -0.514. The predicted molar refractivity (Wildman–Crippen MR) is 101 cm³/mol. The molecule has 2 amide bonds. The van der Waals surface area contributed by atoms with Gasteiger partial charge in [-0.25, -0.2) is 0 Å². The van der Waals surface area contributed by atoms with Crippen LogP contribution < -0.4 is 11.1 Å². The summed E-state index contributed by atoms with van der Waals surface area (Å²) >= 11 is 1.32. The molecular formula is C19H23N3O2S. The lowest BCUT2D eigenvalue weighted by Gasteiger charge is -2.32. The molecule has 1 aromatic heterocycles. The summed E-state index contributed by atoms with van der Waals surface area (Å²) in [5.74, 6) is 0.0326. The highest BCUT2D eigenvalue weighted by Gasteiger charge is 2.21. The molecule has 0 atom stereocenters. The average Bonchev–Trinajstić information content (AvgIpc) is 3.09. The number of thiophene rings is 1. The van der Waals surface area contributed by atoms with Crippen LogP contribution in [-0.4, -0.2) is 36.3 Å². The van der Waals surface area contributed by atoms with E-state index in [1.54, 1.807) is 11.4 Å². The Hall–Kier alpha value is -2.18. The second-order valence-corrected chi connectivity index (χ2v) is 7.27. The molecule has 0 bridgehead atoms. The van der Waals surface area contributed by atoms with Crippen LogP contribution in [-0.2, 0) is 4.79 Å². The molecular weight excluding hydrogens is 334 g/mol. The Morgan fingerprint density at radius 2 is 1.88 bits per heavy atom. The highest BCUT2D eigenvalue weighted by atomic mass is 32.1. The van der Waals surface area contributed by atoms with Crippen molar-refractivity contribution in [3.8, 4) is 0 Å². The third-order valence-electron chi connectivity index (χ3n) is 4.70. The Morgan fingerprint density at radius 3 is 2.56 bits per heavy atom. The number of anilines is 1. The number of nitrogens with two attached hydrogens (primary N) is 1. The third kappa shape index (κ3) is 4.67. The molecule has 1 aliphatic rings. The van der Waals surface area contributed by atoms with E-state index in [9.17, 15) is 9.59 Å². The average molecular weight is 357 g/mol. The van der Waals surface area contributed by atoms with Crippen LogP contribution in [0.25, 0.3) is 0 Å². The first-order chi connectivity index (χ1) is 12.1. The van der Waals surface area contributed by atoms with Gasteiger partial charge in [0.2, 0.25) is 5.91 Å². The summed E-state index contributed by atoms with van der Waals surface area (Å²) in [6.45, 7) is 2.77. The smallest absolute Gasteiger partial charge is 0.251 e. The first-order valence-electron chi connectivity index (χ1n) is 8.58. The summed E-state index contributed by atoms with van der Waals surface area (Å²) in [7, 11) is 0. The zero-order valence-electron chi connectivity index (χ0n) is 14.1. The van der Waals surface area contributed by atoms with Gasteiger partial charge < -0.3 is 16.0 Å². The van der Waals surface area contributed by atoms with E-state index in [0.29, 0.717) is 22.9 Å². The quantitative estimate of drug-likeness (QED) is 0.834. The van der Waals surface area contributed by atoms with Crippen molar-refractivity contribution in [1.29, 1.82) is 0 Å². The number of nitrogens with one attached hydrogen (secondary N) is 1. The molecule has 5 nitrogen and oxygen atoms in total. The zero-order chi connectivity index (χ0) is 17.6. The SMILES string of the molecule is NC(=O)c1ccsc1NC(=O)CCN1CCC(c2ccccc2)CC1. The van der Waals surface area contributed by atoms with Crippen molar-refractivity contribution in [2.24, 2.45) is 5.73 Å². The number of carbonyl (C=O) groups is 2. The van der Waals surface area contributed by atoms with Crippen molar-refractivity contribution >= 4 is 28.2 Å². The van der Waals surface area contributed by atoms with E-state index >= 15 is 0 Å². The van der Waals surface area contributed by atoms with E-state index in [1.807, 2.05) is 0 Å². The standard InChI is InChI=1S/C19H23N3O2S/c20-18(24)16-9-13-25-19(16)21-17(23)8-12-22-10-6-15(7-11-22)14-4-2-1-3-5-14/h1-5,9,13,15H,6-8,10-12H2,(H2,20,24)(H,21,23). The second-order valence-electron chi connectivity index (χ2n) is 6.35. The number of benzene rings is 1. The van der Waals surface area contributed by atoms with Crippen LogP contribution in [0.1, 0.15) is 41.1 Å². The van der Waals surface area contributed by atoms with Crippen molar-refractivity contribution in [2.75, 3.05) is 25.0 Å². The summed E-state index contributed by atoms with van der Waals surface area (Å²) in [5, 5.41) is 5.09. The van der Waals surface area contributed by atoms with E-state index in [1.165, 1.54) is 16.9 Å². The van der Waals surface area contributed by atoms with Gasteiger partial charge in [-0.3, -0.25) is 9.59 Å². The fourth-order valence-electron chi connectivity index (χ4n) is 3.26. The second kappa shape index (κ2) is 8.27. The monoisotopic (exact) mass is 357 g/mol. The van der Waals surface area contributed by atoms with Gasteiger partial charge in [-0.15, -0.1) is 11.3 Å². The minimum Gasteiger partial charge on any atom is -0.366 e. The highest BCUT2D eigenvalue weighted by Crippen LogP contribution is 2.28. The van der Waals surface area contributed by atoms with Crippen molar-refractivity contribution in [3.63, 3.8) is 0 Å². The van der Waals surface area contributed by atoms with Crippen molar-refractivity contribution in [2.45, 2.75) is 25.2 Å². The van der Waals surface area contributed by atoms with Gasteiger partial charge in [-0.1, -0.05) is 30.3 Å². The molecule has 1 aliphatic heterocycles. The summed E-state index contributed by atoms with van der Waals surface area (Å²) in [4.78, 5) is 25.8. The van der Waals surface area contributed by atoms with Gasteiger partial charge >= 0.3 is 0 Å². The Balaban J connectivity index is 1.43. The van der Waals surface area contributed by atoms with Crippen LogP contribution in [0.4, 0.5) is 5.00 Å². The maximum absolute atomic E-state index is 12.1. The lowest BCUT2D eigenvalue weighted by Crippen LogP contribution is -2.35. The summed E-state index contributed by atoms with van der Waals surface area (Å²) in [5.41, 5.74) is 7.09. The van der Waals surface area contributed by atoms with E-state index in [4.69, 9.17) is 5.73 Å². The largest absolute Gasteiger partial charge is 0.366 e. The summed E-state index contributed by atoms with van der Waals surface area (Å²) < 4.78 is 0. The molecule has 0 aliphatic carbocycles. The molecule has 1 fully saturated rings. The number of piperidine rings is 1. The molecule has 0 unspecified atom stereocenters. The number of likely N-dealkylation sites (tertiary alicyclic amines) is 1. The Morgan fingerprint density at radius 1 is 1.16 bits per heavy atom. The number of hydrogen-bond acceptors (Lipinski definition) is 4. The van der Waals surface area contributed by atoms with E-state index in [0.717, 1.165) is 32.5 Å². The molecule has 3 rings (SSSR count). The van der Waals surface area contributed by atoms with Crippen LogP contribution in [0.5, 0.6) is 0 Å². The van der Waals surface area contributed by atoms with E-state index < -0.39 is 5.91 Å². The van der Waals surface area contributed by atoms with Crippen LogP contribution in [0.15, 0.2) is 41.8 Å². The topological polar surface area (TPSA) is 75.4 Å². The minimum absolute atomic E-state index is 0.0740. The molecule has 2 heterocycles. The molecule has 0 saturated carbocycles. The van der Waals surface area contributed by atoms with Crippen molar-refractivity contribution in [1.82, 2.24) is 4.90 Å². The van der Waals surface area contributed by atoms with Gasteiger partial charge in [0.25, 0.3) is 5.91 Å². The zero-order valence-corrected chi connectivity index (χ0v) is 14.9. The summed E-state index contributed by atoms with van der Waals surface area (Å²) in [6.07, 6.45) is 2.68. The van der Waals surface area contributed by atoms with Gasteiger partial charge in [0.15, 0.2) is 0 Å². The van der Waals surface area contributed by atoms with Crippen LogP contribution >= 0.6 is 11.3 Å². The maximum atomic E-state index is 12.1. The Bertz CT molecular complexity index is 721. The number of primary amides is 1. The lowest BCUT2D eigenvalue weighted by molar-refractivity contribution is -0.116. The summed E-state index contributed by atoms with van der Waals surface area (Å²) in [6, 6.07) is 12.3. The molecule has 3 N–H and O–H groups in total. The van der Waals surface area contributed by atoms with Crippen LogP contribution in [0, 0.1) is 0 Å². The van der Waals surface area contributed by atoms with Crippen LogP contribution in [0.2, 0.25) is 0 Å². The molecule has 2 aromatic rings. The van der Waals surface area contributed by atoms with Gasteiger partial charge in [-0.2, -0.15) is 0 Å². The van der Waals surface area contributed by atoms with Gasteiger partial charge in [-0.05, 0) is 48.9 Å². The molecule has 0 spiro atoms. The van der Waals surface area contributed by atoms with E-state index in [-0.39, 0.29) is 5.91 Å². The number of rotatable bonds is 6. The Labute approximate surface area is 151 Å². The third-order valence-corrected chi connectivity index (χ3v) is 5.53. The van der Waals surface area contributed by atoms with E-state index in [2.05, 4.69) is 40.5 Å². The molecule has 1 aromatic carbocycles. The number of hydrogen-bond donors (Lipinski definition) is 2. The molecule has 132 valence electrons. The first kappa shape index (κ1) is 17.6. The highest BCUT2D eigenvalue weighted by molar-refractivity contribution is 7.14. The maximum Gasteiger partial charge on any atom is 0.251 e. The first-order valence-corrected chi connectivity index (χ1v) is 9.46. The molecule has 1 saturated heterocycles. The molecule has 25 heavy (non-hydrogen) atoms. The molecule has 6 heteroatoms. The Kier molecular flexibility index (Phi) is 5.83. The number of carbonyl (C=O) groups excluding carboxylic acids is 2. The van der Waals surface area contributed by atoms with Crippen molar-refractivity contribution < 1.29 is 9.59 Å². The van der Waals surface area contributed by atoms with Gasteiger partial charge in [0.05, 0.1) is 5.56 Å². The number of amides is 2. The fraction of sp³-hybridized carbons (Fsp3) is 0.368. The fourth-order valence-corrected chi connectivity index (χ4v) is 4.07. The number of nitrogens with zero attached hydrogens (tertiary/aromatic N) is 1. The molecule has 0 radical (unpaired) electrons. The van der Waals surface area contributed by atoms with Crippen LogP contribution in [0.3, 0.4) is 0 Å². The predicted octanol–water partition coefficient (Wildman–Crippen LogP) is 3.06.